The highest BCUT2D eigenvalue weighted by Gasteiger charge is 2.46. The highest BCUT2D eigenvalue weighted by atomic mass is 16.1. The van der Waals surface area contributed by atoms with E-state index in [1.165, 1.54) is 16.7 Å². The van der Waals surface area contributed by atoms with Crippen LogP contribution < -0.4 is 5.56 Å². The Hall–Kier alpha value is -2.94. The molecule has 2 atom stereocenters. The topological polar surface area (TPSA) is 45.2 Å². The molecule has 0 amide bonds. The molecule has 4 rings (SSSR count). The average Bonchev–Trinajstić information content (AvgIpc) is 2.66. The summed E-state index contributed by atoms with van der Waals surface area (Å²) in [6.07, 6.45) is 10.4. The number of hydrogen-bond acceptors (Lipinski definition) is 2. The van der Waals surface area contributed by atoms with E-state index in [9.17, 15) is 4.79 Å². The van der Waals surface area contributed by atoms with Crippen LogP contribution in [0.3, 0.4) is 0 Å². The first-order valence-electron chi connectivity index (χ1n) is 9.87. The molecule has 28 heavy (non-hydrogen) atoms. The second kappa shape index (κ2) is 7.23. The van der Waals surface area contributed by atoms with Crippen molar-refractivity contribution in [2.75, 3.05) is 0 Å². The largest absolute Gasteiger partial charge is 0.326 e. The Bertz CT molecular complexity index is 1070. The fourth-order valence-corrected chi connectivity index (χ4v) is 4.71. The van der Waals surface area contributed by atoms with Gasteiger partial charge in [-0.25, -0.2) is 0 Å². The van der Waals surface area contributed by atoms with Gasteiger partial charge in [-0.15, -0.1) is 0 Å². The van der Waals surface area contributed by atoms with Crippen molar-refractivity contribution in [2.45, 2.75) is 39.2 Å². The van der Waals surface area contributed by atoms with E-state index in [0.717, 1.165) is 29.7 Å². The summed E-state index contributed by atoms with van der Waals surface area (Å²) < 4.78 is 0. The molecule has 0 fully saturated rings. The average molecular weight is 370 g/mol. The second-order valence-electron chi connectivity index (χ2n) is 7.88. The molecule has 1 aromatic heterocycles. The molecule has 2 aromatic rings. The van der Waals surface area contributed by atoms with Crippen molar-refractivity contribution in [2.24, 2.45) is 10.9 Å². The van der Waals surface area contributed by atoms with Gasteiger partial charge >= 0.3 is 0 Å². The maximum atomic E-state index is 11.9. The fourth-order valence-electron chi connectivity index (χ4n) is 4.71. The molecular weight excluding hydrogens is 344 g/mol. The number of aliphatic imine (C=N–C) groups is 1. The molecule has 1 N–H and O–H groups in total. The lowest BCUT2D eigenvalue weighted by Gasteiger charge is -2.45. The number of nitrogens with one attached hydrogen (secondary N) is 1. The third-order valence-corrected chi connectivity index (χ3v) is 5.76. The van der Waals surface area contributed by atoms with Gasteiger partial charge in [-0.1, -0.05) is 54.1 Å². The van der Waals surface area contributed by atoms with Crippen molar-refractivity contribution < 1.29 is 0 Å². The highest BCUT2D eigenvalue weighted by Crippen LogP contribution is 2.51. The Kier molecular flexibility index (Phi) is 4.76. The number of aromatic amines is 1. The summed E-state index contributed by atoms with van der Waals surface area (Å²) in [7, 11) is 0. The summed E-state index contributed by atoms with van der Waals surface area (Å²) in [4.78, 5) is 20.2. The van der Waals surface area contributed by atoms with E-state index in [-0.39, 0.29) is 5.56 Å². The van der Waals surface area contributed by atoms with Gasteiger partial charge in [-0.2, -0.15) is 0 Å². The maximum Gasteiger partial charge on any atom is 0.248 e. The molecule has 0 aliphatic heterocycles. The van der Waals surface area contributed by atoms with Gasteiger partial charge in [-0.05, 0) is 50.0 Å². The number of pyridine rings is 1. The molecule has 3 heteroatoms. The van der Waals surface area contributed by atoms with Gasteiger partial charge in [-0.3, -0.25) is 9.79 Å². The SMILES string of the molecule is C/C=C1\C2C=C(C)CC1(/N=C/C(C)=C/c1ccccc1)c1ccc(=O)[nH]c1C2. The lowest BCUT2D eigenvalue weighted by molar-refractivity contribution is 0.413. The van der Waals surface area contributed by atoms with Crippen LogP contribution in [0, 0.1) is 5.92 Å². The molecule has 1 heterocycles. The Morgan fingerprint density at radius 1 is 1.21 bits per heavy atom. The van der Waals surface area contributed by atoms with Gasteiger partial charge in [0.25, 0.3) is 0 Å². The van der Waals surface area contributed by atoms with Gasteiger partial charge in [0.1, 0.15) is 5.54 Å². The van der Waals surface area contributed by atoms with Crippen LogP contribution in [0.2, 0.25) is 0 Å². The minimum absolute atomic E-state index is 0.0410. The minimum Gasteiger partial charge on any atom is -0.326 e. The quantitative estimate of drug-likeness (QED) is 0.585. The van der Waals surface area contributed by atoms with Gasteiger partial charge in [0.15, 0.2) is 0 Å². The Morgan fingerprint density at radius 2 is 2.00 bits per heavy atom. The fraction of sp³-hybridized carbons (Fsp3) is 0.280. The first-order chi connectivity index (χ1) is 13.5. The van der Waals surface area contributed by atoms with Crippen LogP contribution >= 0.6 is 0 Å². The molecule has 0 saturated heterocycles. The normalized spacial score (nSPS) is 25.7. The molecular formula is C25H26N2O. The van der Waals surface area contributed by atoms with Gasteiger partial charge in [0.05, 0.1) is 0 Å². The third-order valence-electron chi connectivity index (χ3n) is 5.76. The molecule has 2 bridgehead atoms. The van der Waals surface area contributed by atoms with E-state index >= 15 is 0 Å². The van der Waals surface area contributed by atoms with Crippen molar-refractivity contribution >= 4 is 12.3 Å². The van der Waals surface area contributed by atoms with E-state index in [1.807, 2.05) is 30.5 Å². The van der Waals surface area contributed by atoms with E-state index in [4.69, 9.17) is 4.99 Å². The summed E-state index contributed by atoms with van der Waals surface area (Å²) in [5.74, 6) is 0.292. The standard InChI is InChI=1S/C25H26N2O/c1-4-21-20-13-17(2)15-25(21,22-10-11-24(28)27-23(22)14-20)26-16-18(3)12-19-8-6-5-7-9-19/h4-13,16,20H,14-15H2,1-3H3,(H,27,28)/b18-12+,21-4+,26-16+. The van der Waals surface area contributed by atoms with Crippen LogP contribution in [0.25, 0.3) is 6.08 Å². The van der Waals surface area contributed by atoms with Crippen molar-refractivity contribution in [3.05, 3.63) is 98.5 Å². The number of aromatic nitrogens is 1. The number of rotatable bonds is 3. The predicted molar refractivity (Wildman–Crippen MR) is 117 cm³/mol. The minimum atomic E-state index is -0.429. The van der Waals surface area contributed by atoms with E-state index < -0.39 is 5.54 Å². The molecule has 0 spiro atoms. The zero-order valence-corrected chi connectivity index (χ0v) is 16.7. The van der Waals surface area contributed by atoms with Crippen LogP contribution in [0.5, 0.6) is 0 Å². The monoisotopic (exact) mass is 370 g/mol. The summed E-state index contributed by atoms with van der Waals surface area (Å²) in [6, 6.07) is 13.9. The Balaban J connectivity index is 1.83. The molecule has 0 saturated carbocycles. The smallest absolute Gasteiger partial charge is 0.248 e. The van der Waals surface area contributed by atoms with Crippen LogP contribution in [-0.4, -0.2) is 11.2 Å². The van der Waals surface area contributed by atoms with Crippen LogP contribution in [0.1, 0.15) is 44.0 Å². The molecule has 142 valence electrons. The number of fused-ring (bicyclic) bond motifs is 4. The summed E-state index contributed by atoms with van der Waals surface area (Å²) >= 11 is 0. The molecule has 1 aromatic carbocycles. The number of nitrogens with zero attached hydrogens (tertiary/aromatic N) is 1. The molecule has 2 unspecified atom stereocenters. The maximum absolute atomic E-state index is 11.9. The van der Waals surface area contributed by atoms with Gasteiger partial charge in [0.2, 0.25) is 5.56 Å². The lowest BCUT2D eigenvalue weighted by Crippen LogP contribution is -2.40. The summed E-state index contributed by atoms with van der Waals surface area (Å²) in [5.41, 5.74) is 6.65. The van der Waals surface area contributed by atoms with Crippen molar-refractivity contribution in [3.63, 3.8) is 0 Å². The number of hydrogen-bond donors (Lipinski definition) is 1. The number of allylic oxidation sites excluding steroid dienone is 3. The lowest BCUT2D eigenvalue weighted by atomic mass is 9.63. The van der Waals surface area contributed by atoms with Crippen molar-refractivity contribution in [1.29, 1.82) is 0 Å². The predicted octanol–water partition coefficient (Wildman–Crippen LogP) is 5.21. The summed E-state index contributed by atoms with van der Waals surface area (Å²) in [5, 5.41) is 0. The first-order valence-corrected chi connectivity index (χ1v) is 9.87. The molecule has 2 aliphatic rings. The van der Waals surface area contributed by atoms with E-state index in [1.54, 1.807) is 6.07 Å². The van der Waals surface area contributed by atoms with Crippen molar-refractivity contribution in [3.8, 4) is 0 Å². The summed E-state index contributed by atoms with van der Waals surface area (Å²) in [6.45, 7) is 6.37. The zero-order valence-electron chi connectivity index (χ0n) is 16.7. The third kappa shape index (κ3) is 3.22. The zero-order chi connectivity index (χ0) is 19.7. The van der Waals surface area contributed by atoms with Gasteiger partial charge < -0.3 is 4.98 Å². The van der Waals surface area contributed by atoms with E-state index in [0.29, 0.717) is 5.92 Å². The number of H-pyrrole nitrogens is 1. The first kappa shape index (κ1) is 18.4. The van der Waals surface area contributed by atoms with Crippen LogP contribution in [0.4, 0.5) is 0 Å². The number of benzene rings is 1. The van der Waals surface area contributed by atoms with E-state index in [2.05, 4.69) is 56.1 Å². The highest BCUT2D eigenvalue weighted by molar-refractivity contribution is 5.85. The molecule has 2 aliphatic carbocycles. The molecule has 3 nitrogen and oxygen atoms in total. The van der Waals surface area contributed by atoms with Crippen LogP contribution in [0.15, 0.2) is 81.1 Å². The Labute approximate surface area is 166 Å². The second-order valence-corrected chi connectivity index (χ2v) is 7.88. The van der Waals surface area contributed by atoms with Gasteiger partial charge in [0, 0.05) is 35.9 Å². The Morgan fingerprint density at radius 3 is 2.75 bits per heavy atom. The molecule has 0 radical (unpaired) electrons. The van der Waals surface area contributed by atoms with Crippen molar-refractivity contribution in [1.82, 2.24) is 4.98 Å². The van der Waals surface area contributed by atoms with Crippen LogP contribution in [-0.2, 0) is 12.0 Å².